The van der Waals surface area contributed by atoms with Gasteiger partial charge in [-0.2, -0.15) is 11.8 Å². The molecule has 0 aromatic rings. The van der Waals surface area contributed by atoms with Gasteiger partial charge in [-0.1, -0.05) is 25.7 Å². The number of nitrogens with one attached hydrogen (secondary N) is 2. The van der Waals surface area contributed by atoms with E-state index in [0.717, 1.165) is 30.3 Å². The molecule has 1 aliphatic carbocycles. The third-order valence-electron chi connectivity index (χ3n) is 4.52. The van der Waals surface area contributed by atoms with Crippen LogP contribution in [0.3, 0.4) is 0 Å². The lowest BCUT2D eigenvalue weighted by Crippen LogP contribution is -2.48. The predicted octanol–water partition coefficient (Wildman–Crippen LogP) is 2.51. The van der Waals surface area contributed by atoms with Gasteiger partial charge in [-0.15, -0.1) is 0 Å². The van der Waals surface area contributed by atoms with E-state index in [2.05, 4.69) is 17.6 Å². The van der Waals surface area contributed by atoms with Crippen molar-refractivity contribution in [3.8, 4) is 0 Å². The lowest BCUT2D eigenvalue weighted by atomic mass is 9.99. The monoisotopic (exact) mass is 300 g/mol. The Bertz CT molecular complexity index is 313. The summed E-state index contributed by atoms with van der Waals surface area (Å²) in [6.45, 7) is 2.43. The molecule has 1 aliphatic heterocycles. The van der Waals surface area contributed by atoms with Crippen LogP contribution in [0.2, 0.25) is 0 Å². The fourth-order valence-corrected chi connectivity index (χ4v) is 4.41. The predicted molar refractivity (Wildman–Crippen MR) is 84.1 cm³/mol. The van der Waals surface area contributed by atoms with E-state index in [1.54, 1.807) is 11.8 Å². The number of carbonyl (C=O) groups excluding carboxylic acids is 1. The average molecular weight is 300 g/mol. The maximum absolute atomic E-state index is 11.8. The standard InChI is InChI=1S/C15H28N2O2S/c1-12(6-7-13-4-2-3-5-13)17-14(18)16-10-15(19)8-9-20-11-15/h12-13,19H,2-11H2,1H3,(H2,16,17,18). The van der Waals surface area contributed by atoms with Crippen molar-refractivity contribution in [3.63, 3.8) is 0 Å². The zero-order valence-electron chi connectivity index (χ0n) is 12.5. The van der Waals surface area contributed by atoms with E-state index in [-0.39, 0.29) is 12.1 Å². The second kappa shape index (κ2) is 7.55. The Kier molecular flexibility index (Phi) is 6.02. The van der Waals surface area contributed by atoms with Crippen LogP contribution in [0.5, 0.6) is 0 Å². The van der Waals surface area contributed by atoms with Crippen molar-refractivity contribution < 1.29 is 9.90 Å². The minimum absolute atomic E-state index is 0.144. The van der Waals surface area contributed by atoms with E-state index in [0.29, 0.717) is 6.54 Å². The Morgan fingerprint density at radius 1 is 1.45 bits per heavy atom. The summed E-state index contributed by atoms with van der Waals surface area (Å²) in [7, 11) is 0. The number of thioether (sulfide) groups is 1. The molecule has 0 spiro atoms. The minimum atomic E-state index is -0.699. The zero-order valence-corrected chi connectivity index (χ0v) is 13.3. The lowest BCUT2D eigenvalue weighted by Gasteiger charge is -2.23. The first kappa shape index (κ1) is 16.0. The molecule has 3 N–H and O–H groups in total. The number of carbonyl (C=O) groups is 1. The maximum atomic E-state index is 11.8. The minimum Gasteiger partial charge on any atom is -0.387 e. The quantitative estimate of drug-likeness (QED) is 0.706. The van der Waals surface area contributed by atoms with E-state index in [1.165, 1.54) is 32.1 Å². The number of amides is 2. The molecular formula is C15H28N2O2S. The van der Waals surface area contributed by atoms with E-state index in [9.17, 15) is 9.90 Å². The van der Waals surface area contributed by atoms with Gasteiger partial charge in [0, 0.05) is 18.3 Å². The van der Waals surface area contributed by atoms with Gasteiger partial charge in [-0.05, 0) is 37.9 Å². The van der Waals surface area contributed by atoms with Crippen molar-refractivity contribution in [2.45, 2.75) is 63.5 Å². The van der Waals surface area contributed by atoms with Crippen molar-refractivity contribution in [2.75, 3.05) is 18.1 Å². The van der Waals surface area contributed by atoms with Crippen molar-refractivity contribution in [1.82, 2.24) is 10.6 Å². The second-order valence-electron chi connectivity index (χ2n) is 6.48. The van der Waals surface area contributed by atoms with Gasteiger partial charge in [-0.25, -0.2) is 4.79 Å². The highest BCUT2D eigenvalue weighted by molar-refractivity contribution is 7.99. The van der Waals surface area contributed by atoms with Crippen LogP contribution in [-0.4, -0.2) is 40.8 Å². The summed E-state index contributed by atoms with van der Waals surface area (Å²) < 4.78 is 0. The smallest absolute Gasteiger partial charge is 0.315 e. The van der Waals surface area contributed by atoms with Crippen molar-refractivity contribution in [1.29, 1.82) is 0 Å². The molecule has 0 bridgehead atoms. The fraction of sp³-hybridized carbons (Fsp3) is 0.933. The molecule has 1 heterocycles. The Morgan fingerprint density at radius 2 is 2.20 bits per heavy atom. The molecule has 2 aliphatic rings. The van der Waals surface area contributed by atoms with Gasteiger partial charge in [0.1, 0.15) is 0 Å². The fourth-order valence-electron chi connectivity index (χ4n) is 3.11. The SMILES string of the molecule is CC(CCC1CCCC1)NC(=O)NCC1(O)CCSC1. The Labute approximate surface area is 126 Å². The highest BCUT2D eigenvalue weighted by Gasteiger charge is 2.32. The molecular weight excluding hydrogens is 272 g/mol. The van der Waals surface area contributed by atoms with E-state index < -0.39 is 5.60 Å². The molecule has 1 saturated carbocycles. The number of urea groups is 1. The Balaban J connectivity index is 1.58. The number of aliphatic hydroxyl groups is 1. The van der Waals surface area contributed by atoms with Gasteiger partial charge in [-0.3, -0.25) is 0 Å². The van der Waals surface area contributed by atoms with Gasteiger partial charge in [0.15, 0.2) is 0 Å². The highest BCUT2D eigenvalue weighted by Crippen LogP contribution is 2.29. The van der Waals surface area contributed by atoms with Gasteiger partial charge < -0.3 is 15.7 Å². The first-order chi connectivity index (χ1) is 9.57. The molecule has 5 heteroatoms. The normalized spacial score (nSPS) is 28.5. The largest absolute Gasteiger partial charge is 0.387 e. The van der Waals surface area contributed by atoms with Crippen LogP contribution in [0.1, 0.15) is 51.9 Å². The van der Waals surface area contributed by atoms with Crippen molar-refractivity contribution in [3.05, 3.63) is 0 Å². The summed E-state index contributed by atoms with van der Waals surface area (Å²) in [6.07, 6.45) is 8.54. The molecule has 0 aromatic heterocycles. The summed E-state index contributed by atoms with van der Waals surface area (Å²) in [6, 6.07) is 0.0671. The Morgan fingerprint density at radius 3 is 2.85 bits per heavy atom. The molecule has 2 unspecified atom stereocenters. The first-order valence-electron chi connectivity index (χ1n) is 7.92. The van der Waals surface area contributed by atoms with Gasteiger partial charge in [0.25, 0.3) is 0 Å². The average Bonchev–Trinajstić information content (AvgIpc) is 3.06. The van der Waals surface area contributed by atoms with Crippen molar-refractivity contribution in [2.24, 2.45) is 5.92 Å². The number of rotatable bonds is 6. The second-order valence-corrected chi connectivity index (χ2v) is 7.59. The molecule has 2 amide bonds. The molecule has 20 heavy (non-hydrogen) atoms. The Hall–Kier alpha value is -0.420. The molecule has 116 valence electrons. The third-order valence-corrected chi connectivity index (χ3v) is 5.75. The van der Waals surface area contributed by atoms with Gasteiger partial charge in [0.2, 0.25) is 0 Å². The van der Waals surface area contributed by atoms with Crippen LogP contribution in [-0.2, 0) is 0 Å². The van der Waals surface area contributed by atoms with Crippen LogP contribution < -0.4 is 10.6 Å². The summed E-state index contributed by atoms with van der Waals surface area (Å²) in [5, 5.41) is 15.9. The van der Waals surface area contributed by atoms with Crippen LogP contribution in [0, 0.1) is 5.92 Å². The topological polar surface area (TPSA) is 61.4 Å². The molecule has 2 fully saturated rings. The summed E-state index contributed by atoms with van der Waals surface area (Å²) in [5.74, 6) is 2.58. The molecule has 1 saturated heterocycles. The van der Waals surface area contributed by atoms with E-state index in [4.69, 9.17) is 0 Å². The first-order valence-corrected chi connectivity index (χ1v) is 9.07. The van der Waals surface area contributed by atoms with E-state index in [1.807, 2.05) is 0 Å². The number of hydrogen-bond acceptors (Lipinski definition) is 3. The summed E-state index contributed by atoms with van der Waals surface area (Å²) >= 11 is 1.75. The van der Waals surface area contributed by atoms with Crippen LogP contribution in [0.15, 0.2) is 0 Å². The molecule has 0 aromatic carbocycles. The van der Waals surface area contributed by atoms with Crippen LogP contribution in [0.25, 0.3) is 0 Å². The van der Waals surface area contributed by atoms with E-state index >= 15 is 0 Å². The van der Waals surface area contributed by atoms with Gasteiger partial charge >= 0.3 is 6.03 Å². The van der Waals surface area contributed by atoms with Crippen LogP contribution >= 0.6 is 11.8 Å². The zero-order chi connectivity index (χ0) is 14.4. The maximum Gasteiger partial charge on any atom is 0.315 e. The van der Waals surface area contributed by atoms with Gasteiger partial charge in [0.05, 0.1) is 5.60 Å². The molecule has 2 rings (SSSR count). The molecule has 4 nitrogen and oxygen atoms in total. The summed E-state index contributed by atoms with van der Waals surface area (Å²) in [4.78, 5) is 11.8. The third kappa shape index (κ3) is 5.17. The molecule has 2 atom stereocenters. The lowest BCUT2D eigenvalue weighted by molar-refractivity contribution is 0.0698. The highest BCUT2D eigenvalue weighted by atomic mass is 32.2. The number of hydrogen-bond donors (Lipinski definition) is 3. The van der Waals surface area contributed by atoms with Crippen molar-refractivity contribution >= 4 is 17.8 Å². The summed E-state index contributed by atoms with van der Waals surface area (Å²) in [5.41, 5.74) is -0.699. The van der Waals surface area contributed by atoms with Crippen LogP contribution in [0.4, 0.5) is 4.79 Å². The molecule has 0 radical (unpaired) electrons.